The van der Waals surface area contributed by atoms with Crippen LogP contribution in [0.3, 0.4) is 0 Å². The van der Waals surface area contributed by atoms with Gasteiger partial charge in [0.2, 0.25) is 11.8 Å². The molecular formula is C29H23ClFN5O5. The summed E-state index contributed by atoms with van der Waals surface area (Å²) in [4.78, 5) is 51.8. The second-order valence-corrected chi connectivity index (χ2v) is 10.6. The van der Waals surface area contributed by atoms with Crippen LogP contribution in [0.15, 0.2) is 60.7 Å². The van der Waals surface area contributed by atoms with E-state index < -0.39 is 35.5 Å². The Hall–Kier alpha value is -4.77. The average molecular weight is 576 g/mol. The fraction of sp³-hybridized carbons (Fsp3) is 0.207. The molecule has 1 saturated heterocycles. The third-order valence-electron chi connectivity index (χ3n) is 7.63. The number of nitrogens with one attached hydrogen (secondary N) is 1. The minimum absolute atomic E-state index is 0.0289. The molecule has 41 heavy (non-hydrogen) atoms. The van der Waals surface area contributed by atoms with Gasteiger partial charge in [0, 0.05) is 27.6 Å². The molecule has 3 atom stereocenters. The third-order valence-corrected chi connectivity index (χ3v) is 7.96. The Balaban J connectivity index is 1.25. The highest BCUT2D eigenvalue weighted by molar-refractivity contribution is 6.33. The van der Waals surface area contributed by atoms with Crippen molar-refractivity contribution in [1.29, 1.82) is 0 Å². The van der Waals surface area contributed by atoms with E-state index in [-0.39, 0.29) is 46.4 Å². The van der Waals surface area contributed by atoms with Crippen LogP contribution in [0.25, 0.3) is 22.0 Å². The number of benzene rings is 3. The van der Waals surface area contributed by atoms with Crippen molar-refractivity contribution >= 4 is 51.9 Å². The zero-order chi connectivity index (χ0) is 29.0. The Bertz CT molecular complexity index is 1770. The number of hydrogen-bond acceptors (Lipinski definition) is 5. The van der Waals surface area contributed by atoms with Crippen LogP contribution in [0.4, 0.5) is 10.1 Å². The molecule has 6 rings (SSSR count). The molecule has 4 aromatic rings. The molecule has 1 aromatic heterocycles. The number of rotatable bonds is 7. The largest absolute Gasteiger partial charge is 0.478 e. The number of nitrogens with two attached hydrogens (primary N) is 1. The summed E-state index contributed by atoms with van der Waals surface area (Å²) < 4.78 is 16.7. The SMILES string of the molecule is NC(=O)c1nn(CC(=O)N2[C@@H]3C[C@@H]3C[C@H]2C(=O)Nc2cccc(-c3ccccc3Cl)c2F)c2ccc(C(=O)O)cc12. The molecule has 1 aliphatic heterocycles. The molecule has 3 aromatic carbocycles. The Morgan fingerprint density at radius 2 is 1.80 bits per heavy atom. The molecule has 2 heterocycles. The van der Waals surface area contributed by atoms with Crippen LogP contribution in [-0.4, -0.2) is 55.6 Å². The van der Waals surface area contributed by atoms with Crippen molar-refractivity contribution in [2.24, 2.45) is 11.7 Å². The van der Waals surface area contributed by atoms with Gasteiger partial charge in [-0.3, -0.25) is 19.1 Å². The first kappa shape index (κ1) is 26.5. The van der Waals surface area contributed by atoms with Gasteiger partial charge in [-0.25, -0.2) is 9.18 Å². The van der Waals surface area contributed by atoms with Crippen molar-refractivity contribution in [2.75, 3.05) is 5.32 Å². The minimum Gasteiger partial charge on any atom is -0.478 e. The van der Waals surface area contributed by atoms with Crippen LogP contribution in [0.5, 0.6) is 0 Å². The number of likely N-dealkylation sites (tertiary alicyclic amines) is 1. The molecule has 208 valence electrons. The van der Waals surface area contributed by atoms with Crippen molar-refractivity contribution < 1.29 is 28.7 Å². The lowest BCUT2D eigenvalue weighted by atomic mass is 10.0. The van der Waals surface area contributed by atoms with Gasteiger partial charge in [0.1, 0.15) is 12.6 Å². The number of nitrogens with zero attached hydrogens (tertiary/aromatic N) is 3. The topological polar surface area (TPSA) is 148 Å². The highest BCUT2D eigenvalue weighted by Crippen LogP contribution is 2.48. The third kappa shape index (κ3) is 4.67. The Kier molecular flexibility index (Phi) is 6.46. The van der Waals surface area contributed by atoms with Crippen LogP contribution in [0, 0.1) is 11.7 Å². The number of halogens is 2. The van der Waals surface area contributed by atoms with Crippen LogP contribution in [-0.2, 0) is 16.1 Å². The van der Waals surface area contributed by atoms with Gasteiger partial charge in [-0.2, -0.15) is 5.10 Å². The number of aromatic carboxylic acids is 1. The van der Waals surface area contributed by atoms with Gasteiger partial charge >= 0.3 is 5.97 Å². The highest BCUT2D eigenvalue weighted by atomic mass is 35.5. The van der Waals surface area contributed by atoms with Gasteiger partial charge < -0.3 is 21.1 Å². The van der Waals surface area contributed by atoms with Gasteiger partial charge in [0.15, 0.2) is 11.5 Å². The maximum Gasteiger partial charge on any atom is 0.335 e. The molecule has 4 N–H and O–H groups in total. The monoisotopic (exact) mass is 575 g/mol. The predicted octanol–water partition coefficient (Wildman–Crippen LogP) is 3.92. The summed E-state index contributed by atoms with van der Waals surface area (Å²) in [6.45, 7) is -0.306. The van der Waals surface area contributed by atoms with Gasteiger partial charge in [-0.05, 0) is 49.1 Å². The maximum absolute atomic E-state index is 15.5. The summed E-state index contributed by atoms with van der Waals surface area (Å²) in [5.41, 5.74) is 6.27. The van der Waals surface area contributed by atoms with E-state index in [0.717, 1.165) is 6.42 Å². The Morgan fingerprint density at radius 1 is 1.05 bits per heavy atom. The highest BCUT2D eigenvalue weighted by Gasteiger charge is 2.56. The molecule has 2 fully saturated rings. The van der Waals surface area contributed by atoms with Crippen LogP contribution in [0.2, 0.25) is 5.02 Å². The molecule has 1 aliphatic carbocycles. The summed E-state index contributed by atoms with van der Waals surface area (Å²) in [6.07, 6.45) is 1.18. The molecule has 3 amide bonds. The van der Waals surface area contributed by atoms with E-state index in [9.17, 15) is 24.3 Å². The summed E-state index contributed by atoms with van der Waals surface area (Å²) in [5.74, 6) is -3.48. The first-order valence-electron chi connectivity index (χ1n) is 12.8. The van der Waals surface area contributed by atoms with E-state index in [1.807, 2.05) is 0 Å². The number of amides is 3. The number of carbonyl (C=O) groups excluding carboxylic acids is 3. The standard InChI is InChI=1S/C29H23ClFN5O5/c30-19-6-2-1-4-16(19)17-5-3-7-20(25(17)31)33-28(39)23-12-15-11-22(15)36(23)24(37)13-35-21-9-8-14(29(40)41)10-18(21)26(34-35)27(32)38/h1-10,15,22-23H,11-13H2,(H2,32,38)(H,33,39)(H,40,41)/t15-,22-,23+/m1/s1. The molecule has 10 nitrogen and oxygen atoms in total. The average Bonchev–Trinajstić information content (AvgIpc) is 3.45. The lowest BCUT2D eigenvalue weighted by Gasteiger charge is -2.27. The molecular weight excluding hydrogens is 553 g/mol. The lowest BCUT2D eigenvalue weighted by molar-refractivity contribution is -0.138. The molecule has 0 spiro atoms. The number of primary amides is 1. The molecule has 12 heteroatoms. The molecule has 0 bridgehead atoms. The molecule has 1 saturated carbocycles. The number of aromatic nitrogens is 2. The van der Waals surface area contributed by atoms with Crippen LogP contribution < -0.4 is 11.1 Å². The summed E-state index contributed by atoms with van der Waals surface area (Å²) in [5, 5.41) is 16.7. The smallest absolute Gasteiger partial charge is 0.335 e. The van der Waals surface area contributed by atoms with Gasteiger partial charge in [0.25, 0.3) is 5.91 Å². The lowest BCUT2D eigenvalue weighted by Crippen LogP contribution is -2.46. The predicted molar refractivity (Wildman–Crippen MR) is 148 cm³/mol. The van der Waals surface area contributed by atoms with E-state index in [2.05, 4.69) is 10.4 Å². The number of carboxylic acids is 1. The number of piperidine rings is 1. The van der Waals surface area contributed by atoms with E-state index in [0.29, 0.717) is 22.5 Å². The first-order chi connectivity index (χ1) is 19.6. The quantitative estimate of drug-likeness (QED) is 0.304. The zero-order valence-corrected chi connectivity index (χ0v) is 22.1. The van der Waals surface area contributed by atoms with E-state index >= 15 is 4.39 Å². The van der Waals surface area contributed by atoms with Gasteiger partial charge in [-0.15, -0.1) is 0 Å². The second-order valence-electron chi connectivity index (χ2n) is 10.2. The summed E-state index contributed by atoms with van der Waals surface area (Å²) in [6, 6.07) is 14.5. The molecule has 0 unspecified atom stereocenters. The minimum atomic E-state index is -1.19. The van der Waals surface area contributed by atoms with E-state index in [1.165, 1.54) is 33.8 Å². The number of hydrogen-bond donors (Lipinski definition) is 3. The van der Waals surface area contributed by atoms with Crippen molar-refractivity contribution in [1.82, 2.24) is 14.7 Å². The van der Waals surface area contributed by atoms with Crippen molar-refractivity contribution in [3.05, 3.63) is 82.8 Å². The first-order valence-corrected chi connectivity index (χ1v) is 13.2. The van der Waals surface area contributed by atoms with E-state index in [1.54, 1.807) is 36.4 Å². The fourth-order valence-electron chi connectivity index (χ4n) is 5.61. The maximum atomic E-state index is 15.5. The normalized spacial score (nSPS) is 19.2. The van der Waals surface area contributed by atoms with Crippen molar-refractivity contribution in [3.8, 4) is 11.1 Å². The molecule has 0 radical (unpaired) electrons. The van der Waals surface area contributed by atoms with Crippen LogP contribution in [0.1, 0.15) is 33.7 Å². The second kappa shape index (κ2) is 10.0. The molecule has 2 aliphatic rings. The van der Waals surface area contributed by atoms with Gasteiger partial charge in [-0.1, -0.05) is 41.9 Å². The number of fused-ring (bicyclic) bond motifs is 2. The Labute approximate surface area is 237 Å². The van der Waals surface area contributed by atoms with Crippen molar-refractivity contribution in [3.63, 3.8) is 0 Å². The van der Waals surface area contributed by atoms with Crippen molar-refractivity contribution in [2.45, 2.75) is 31.5 Å². The van der Waals surface area contributed by atoms with Crippen LogP contribution >= 0.6 is 11.6 Å². The zero-order valence-electron chi connectivity index (χ0n) is 21.4. The summed E-state index contributed by atoms with van der Waals surface area (Å²) in [7, 11) is 0. The van der Waals surface area contributed by atoms with Gasteiger partial charge in [0.05, 0.1) is 16.8 Å². The fourth-order valence-corrected chi connectivity index (χ4v) is 5.84. The number of carbonyl (C=O) groups is 4. The van der Waals surface area contributed by atoms with E-state index in [4.69, 9.17) is 17.3 Å². The summed E-state index contributed by atoms with van der Waals surface area (Å²) >= 11 is 6.25. The number of anilines is 1. The Morgan fingerprint density at radius 3 is 2.54 bits per heavy atom. The number of carboxylic acid groups (broad SMARTS) is 1.